The number of rotatable bonds is 6. The van der Waals surface area contributed by atoms with E-state index in [2.05, 4.69) is 10.5 Å². The maximum absolute atomic E-state index is 14.0. The van der Waals surface area contributed by atoms with E-state index in [0.717, 1.165) is 16.8 Å². The van der Waals surface area contributed by atoms with Gasteiger partial charge >= 0.3 is 0 Å². The molecule has 1 saturated carbocycles. The number of aryl methyl sites for hydroxylation is 2. The van der Waals surface area contributed by atoms with E-state index in [0.29, 0.717) is 18.3 Å². The highest BCUT2D eigenvalue weighted by Gasteiger charge is 2.20. The van der Waals surface area contributed by atoms with Crippen LogP contribution in [0.15, 0.2) is 22.7 Å². The molecule has 1 aromatic heterocycles. The molecule has 1 heterocycles. The third-order valence-corrected chi connectivity index (χ3v) is 3.72. The number of aromatic nitrogens is 1. The Morgan fingerprint density at radius 2 is 2.19 bits per heavy atom. The van der Waals surface area contributed by atoms with Gasteiger partial charge in [-0.2, -0.15) is 0 Å². The minimum atomic E-state index is -0.336. The van der Waals surface area contributed by atoms with Crippen molar-refractivity contribution in [2.24, 2.45) is 0 Å². The number of hydrogen-bond donors (Lipinski definition) is 1. The van der Waals surface area contributed by atoms with Gasteiger partial charge in [0.1, 0.15) is 12.4 Å². The summed E-state index contributed by atoms with van der Waals surface area (Å²) < 4.78 is 24.6. The second-order valence-electron chi connectivity index (χ2n) is 5.51. The van der Waals surface area contributed by atoms with Gasteiger partial charge in [-0.05, 0) is 44.4 Å². The average molecular weight is 290 g/mol. The van der Waals surface area contributed by atoms with Gasteiger partial charge in [0.05, 0.1) is 11.3 Å². The van der Waals surface area contributed by atoms with E-state index in [1.54, 1.807) is 6.07 Å². The predicted octanol–water partition coefficient (Wildman–Crippen LogP) is 3.26. The van der Waals surface area contributed by atoms with Gasteiger partial charge < -0.3 is 14.6 Å². The van der Waals surface area contributed by atoms with E-state index in [1.807, 2.05) is 19.9 Å². The summed E-state index contributed by atoms with van der Waals surface area (Å²) in [5.41, 5.74) is 2.58. The summed E-state index contributed by atoms with van der Waals surface area (Å²) in [5.74, 6) is 0.625. The van der Waals surface area contributed by atoms with Gasteiger partial charge in [0.15, 0.2) is 11.6 Å². The molecular weight excluding hydrogens is 271 g/mol. The Labute approximate surface area is 123 Å². The second kappa shape index (κ2) is 5.85. The Balaban J connectivity index is 1.62. The maximum Gasteiger partial charge on any atom is 0.165 e. The fraction of sp³-hybridized carbons (Fsp3) is 0.438. The second-order valence-corrected chi connectivity index (χ2v) is 5.51. The van der Waals surface area contributed by atoms with Crippen molar-refractivity contribution in [2.45, 2.75) is 45.9 Å². The van der Waals surface area contributed by atoms with Crippen molar-refractivity contribution >= 4 is 0 Å². The van der Waals surface area contributed by atoms with Crippen LogP contribution in [0.5, 0.6) is 5.75 Å². The summed E-state index contributed by atoms with van der Waals surface area (Å²) in [6.45, 7) is 4.63. The highest BCUT2D eigenvalue weighted by Crippen LogP contribution is 2.23. The fourth-order valence-corrected chi connectivity index (χ4v) is 2.18. The lowest BCUT2D eigenvalue weighted by Crippen LogP contribution is -2.15. The molecule has 4 nitrogen and oxygen atoms in total. The van der Waals surface area contributed by atoms with Crippen LogP contribution in [-0.4, -0.2) is 11.2 Å². The molecule has 21 heavy (non-hydrogen) atoms. The van der Waals surface area contributed by atoms with Crippen molar-refractivity contribution in [1.82, 2.24) is 10.5 Å². The maximum atomic E-state index is 14.0. The summed E-state index contributed by atoms with van der Waals surface area (Å²) in [4.78, 5) is 0. The van der Waals surface area contributed by atoms with Crippen LogP contribution in [-0.2, 0) is 13.2 Å². The Morgan fingerprint density at radius 1 is 1.38 bits per heavy atom. The number of ether oxygens (including phenoxy) is 1. The SMILES string of the molecule is Cc1noc(C)c1COc1ccc(CNC2CC2)cc1F. The average Bonchev–Trinajstić information content (AvgIpc) is 3.24. The zero-order valence-corrected chi connectivity index (χ0v) is 12.3. The molecule has 1 N–H and O–H groups in total. The molecule has 0 amide bonds. The topological polar surface area (TPSA) is 47.3 Å². The standard InChI is InChI=1S/C16H19FN2O2/c1-10-14(11(2)21-19-10)9-20-16-6-3-12(7-15(16)17)8-18-13-4-5-13/h3,6-7,13,18H,4-5,8-9H2,1-2H3. The molecule has 112 valence electrons. The highest BCUT2D eigenvalue weighted by molar-refractivity contribution is 5.30. The molecule has 1 aliphatic rings. The van der Waals surface area contributed by atoms with Gasteiger partial charge in [0.2, 0.25) is 0 Å². The van der Waals surface area contributed by atoms with Crippen LogP contribution in [0.1, 0.15) is 35.4 Å². The van der Waals surface area contributed by atoms with E-state index in [1.165, 1.54) is 18.9 Å². The van der Waals surface area contributed by atoms with E-state index in [-0.39, 0.29) is 18.2 Å². The number of nitrogens with one attached hydrogen (secondary N) is 1. The van der Waals surface area contributed by atoms with Crippen LogP contribution in [0.25, 0.3) is 0 Å². The summed E-state index contributed by atoms with van der Waals surface area (Å²) in [6, 6.07) is 5.71. The molecule has 2 aromatic rings. The molecule has 0 aliphatic heterocycles. The van der Waals surface area contributed by atoms with Crippen molar-refractivity contribution in [3.63, 3.8) is 0 Å². The van der Waals surface area contributed by atoms with Gasteiger partial charge in [-0.3, -0.25) is 0 Å². The van der Waals surface area contributed by atoms with E-state index in [4.69, 9.17) is 9.26 Å². The van der Waals surface area contributed by atoms with Crippen LogP contribution in [0.3, 0.4) is 0 Å². The third-order valence-electron chi connectivity index (χ3n) is 3.72. The van der Waals surface area contributed by atoms with E-state index < -0.39 is 0 Å². The van der Waals surface area contributed by atoms with Crippen molar-refractivity contribution in [1.29, 1.82) is 0 Å². The van der Waals surface area contributed by atoms with Crippen LogP contribution < -0.4 is 10.1 Å². The monoisotopic (exact) mass is 290 g/mol. The highest BCUT2D eigenvalue weighted by atomic mass is 19.1. The van der Waals surface area contributed by atoms with Gasteiger partial charge in [-0.15, -0.1) is 0 Å². The fourth-order valence-electron chi connectivity index (χ4n) is 2.18. The van der Waals surface area contributed by atoms with Gasteiger partial charge in [-0.1, -0.05) is 11.2 Å². The minimum Gasteiger partial charge on any atom is -0.486 e. The molecule has 1 aromatic carbocycles. The van der Waals surface area contributed by atoms with Crippen molar-refractivity contribution < 1.29 is 13.7 Å². The molecule has 0 saturated heterocycles. The lowest BCUT2D eigenvalue weighted by Gasteiger charge is -2.09. The van der Waals surface area contributed by atoms with Crippen LogP contribution in [0.2, 0.25) is 0 Å². The summed E-state index contributed by atoms with van der Waals surface area (Å²) >= 11 is 0. The Morgan fingerprint density at radius 3 is 2.81 bits per heavy atom. The van der Waals surface area contributed by atoms with E-state index in [9.17, 15) is 4.39 Å². The Bertz CT molecular complexity index is 616. The first-order valence-corrected chi connectivity index (χ1v) is 7.20. The Hall–Kier alpha value is -1.88. The number of halogens is 1. The summed E-state index contributed by atoms with van der Waals surface area (Å²) in [5, 5.41) is 7.22. The van der Waals surface area contributed by atoms with Gasteiger partial charge in [-0.25, -0.2) is 4.39 Å². The zero-order valence-electron chi connectivity index (χ0n) is 12.3. The third kappa shape index (κ3) is 3.42. The molecule has 1 fully saturated rings. The molecule has 5 heteroatoms. The first kappa shape index (κ1) is 14.1. The number of nitrogens with zero attached hydrogens (tertiary/aromatic N) is 1. The number of hydrogen-bond acceptors (Lipinski definition) is 4. The quantitative estimate of drug-likeness (QED) is 0.887. The molecular formula is C16H19FN2O2. The molecule has 1 aliphatic carbocycles. The Kier molecular flexibility index (Phi) is 3.92. The zero-order chi connectivity index (χ0) is 14.8. The molecule has 0 radical (unpaired) electrons. The first-order valence-electron chi connectivity index (χ1n) is 7.20. The molecule has 0 bridgehead atoms. The lowest BCUT2D eigenvalue weighted by atomic mass is 10.2. The molecule has 0 spiro atoms. The van der Waals surface area contributed by atoms with Crippen LogP contribution in [0, 0.1) is 19.7 Å². The summed E-state index contributed by atoms with van der Waals surface area (Å²) in [6.07, 6.45) is 2.45. The van der Waals surface area contributed by atoms with Crippen molar-refractivity contribution in [3.05, 3.63) is 46.6 Å². The van der Waals surface area contributed by atoms with Crippen LogP contribution >= 0.6 is 0 Å². The predicted molar refractivity (Wildman–Crippen MR) is 76.6 cm³/mol. The van der Waals surface area contributed by atoms with Gasteiger partial charge in [0.25, 0.3) is 0 Å². The van der Waals surface area contributed by atoms with Gasteiger partial charge in [0, 0.05) is 12.6 Å². The lowest BCUT2D eigenvalue weighted by molar-refractivity contribution is 0.286. The number of benzene rings is 1. The normalized spacial score (nSPS) is 14.4. The molecule has 0 unspecified atom stereocenters. The largest absolute Gasteiger partial charge is 0.486 e. The summed E-state index contributed by atoms with van der Waals surface area (Å²) in [7, 11) is 0. The molecule has 3 rings (SSSR count). The van der Waals surface area contributed by atoms with Crippen molar-refractivity contribution in [2.75, 3.05) is 0 Å². The van der Waals surface area contributed by atoms with Crippen LogP contribution in [0.4, 0.5) is 4.39 Å². The van der Waals surface area contributed by atoms with Crippen molar-refractivity contribution in [3.8, 4) is 5.75 Å². The smallest absolute Gasteiger partial charge is 0.165 e. The first-order chi connectivity index (χ1) is 10.1. The molecule has 0 atom stereocenters. The minimum absolute atomic E-state index is 0.255. The van der Waals surface area contributed by atoms with E-state index >= 15 is 0 Å².